The maximum Gasteiger partial charge on any atom is 0.217 e. The number of benzene rings is 1. The molecule has 0 spiro atoms. The van der Waals surface area contributed by atoms with Gasteiger partial charge < -0.3 is 0 Å². The topological polar surface area (TPSA) is 25.8 Å². The molecule has 0 radical (unpaired) electrons. The molecule has 0 bridgehead atoms. The predicted molar refractivity (Wildman–Crippen MR) is 52.5 cm³/mol. The van der Waals surface area contributed by atoms with E-state index < -0.39 is 17.6 Å². The highest BCUT2D eigenvalue weighted by Gasteiger charge is 2.07. The van der Waals surface area contributed by atoms with Crippen molar-refractivity contribution in [2.45, 2.75) is 9.92 Å². The molecular weight excluding hydrogens is 237 g/mol. The number of aromatic nitrogens is 2. The number of halogens is 3. The second-order valence-electron chi connectivity index (χ2n) is 2.86. The van der Waals surface area contributed by atoms with E-state index in [1.807, 2.05) is 0 Å². The average molecular weight is 242 g/mol. The van der Waals surface area contributed by atoms with Crippen LogP contribution >= 0.6 is 11.8 Å². The molecule has 1 aromatic heterocycles. The van der Waals surface area contributed by atoms with Crippen molar-refractivity contribution in [3.63, 3.8) is 0 Å². The number of hydrogen-bond acceptors (Lipinski definition) is 3. The quantitative estimate of drug-likeness (QED) is 0.757. The molecule has 0 amide bonds. The van der Waals surface area contributed by atoms with Crippen LogP contribution in [0.4, 0.5) is 13.2 Å². The van der Waals surface area contributed by atoms with Crippen LogP contribution in [0.1, 0.15) is 0 Å². The molecule has 6 heteroatoms. The van der Waals surface area contributed by atoms with Gasteiger partial charge >= 0.3 is 0 Å². The van der Waals surface area contributed by atoms with Crippen molar-refractivity contribution in [1.82, 2.24) is 9.97 Å². The lowest BCUT2D eigenvalue weighted by Gasteiger charge is -2.01. The maximum absolute atomic E-state index is 13.2. The molecule has 0 saturated heterocycles. The van der Waals surface area contributed by atoms with Crippen LogP contribution in [0, 0.1) is 17.6 Å². The molecule has 1 aromatic carbocycles. The summed E-state index contributed by atoms with van der Waals surface area (Å²) in [6.45, 7) is 0. The normalized spacial score (nSPS) is 10.4. The van der Waals surface area contributed by atoms with Crippen LogP contribution in [0.2, 0.25) is 0 Å². The molecule has 0 aliphatic heterocycles. The van der Waals surface area contributed by atoms with Crippen molar-refractivity contribution < 1.29 is 13.2 Å². The van der Waals surface area contributed by atoms with E-state index in [1.54, 1.807) is 0 Å². The first kappa shape index (κ1) is 10.9. The van der Waals surface area contributed by atoms with Gasteiger partial charge in [-0.15, -0.1) is 0 Å². The van der Waals surface area contributed by atoms with Gasteiger partial charge in [0, 0.05) is 17.0 Å². The molecule has 0 unspecified atom stereocenters. The molecule has 16 heavy (non-hydrogen) atoms. The van der Waals surface area contributed by atoms with Crippen molar-refractivity contribution in [2.75, 3.05) is 0 Å². The third-order valence-electron chi connectivity index (χ3n) is 1.72. The van der Waals surface area contributed by atoms with E-state index in [-0.39, 0.29) is 9.92 Å². The van der Waals surface area contributed by atoms with Crippen molar-refractivity contribution >= 4 is 11.8 Å². The van der Waals surface area contributed by atoms with Crippen LogP contribution in [0.5, 0.6) is 0 Å². The zero-order valence-electron chi connectivity index (χ0n) is 7.82. The van der Waals surface area contributed by atoms with Gasteiger partial charge in [-0.3, -0.25) is 0 Å². The Balaban J connectivity index is 2.27. The second-order valence-corrected chi connectivity index (χ2v) is 3.92. The molecule has 0 fully saturated rings. The van der Waals surface area contributed by atoms with Gasteiger partial charge in [0.05, 0.1) is 0 Å². The van der Waals surface area contributed by atoms with E-state index >= 15 is 0 Å². The number of rotatable bonds is 2. The van der Waals surface area contributed by atoms with Gasteiger partial charge in [0.1, 0.15) is 23.0 Å². The van der Waals surface area contributed by atoms with E-state index in [2.05, 4.69) is 9.97 Å². The Kier molecular flexibility index (Phi) is 3.09. The Morgan fingerprint density at radius 3 is 2.50 bits per heavy atom. The number of hydrogen-bond donors (Lipinski definition) is 0. The average Bonchev–Trinajstić information content (AvgIpc) is 2.22. The summed E-state index contributed by atoms with van der Waals surface area (Å²) >= 11 is 0.904. The Morgan fingerprint density at radius 1 is 1.00 bits per heavy atom. The van der Waals surface area contributed by atoms with Gasteiger partial charge in [0.2, 0.25) is 5.95 Å². The fraction of sp³-hybridized carbons (Fsp3) is 0. The Bertz CT molecular complexity index is 519. The molecule has 1 heterocycles. The Hall–Kier alpha value is -1.56. The lowest BCUT2D eigenvalue weighted by Crippen LogP contribution is -1.88. The number of nitrogens with zero attached hydrogens (tertiary/aromatic N) is 2. The second kappa shape index (κ2) is 4.52. The van der Waals surface area contributed by atoms with Crippen LogP contribution in [-0.2, 0) is 0 Å². The summed E-state index contributed by atoms with van der Waals surface area (Å²) in [7, 11) is 0. The van der Waals surface area contributed by atoms with Crippen molar-refractivity contribution in [2.24, 2.45) is 0 Å². The van der Waals surface area contributed by atoms with Gasteiger partial charge in [-0.2, -0.15) is 4.39 Å². The minimum absolute atomic E-state index is 0.180. The highest BCUT2D eigenvalue weighted by atomic mass is 32.2. The molecule has 0 aliphatic carbocycles. The van der Waals surface area contributed by atoms with Crippen LogP contribution in [0.3, 0.4) is 0 Å². The van der Waals surface area contributed by atoms with Crippen LogP contribution < -0.4 is 0 Å². The minimum atomic E-state index is -0.705. The molecule has 2 rings (SSSR count). The summed E-state index contributed by atoms with van der Waals surface area (Å²) < 4.78 is 38.6. The third kappa shape index (κ3) is 2.52. The van der Waals surface area contributed by atoms with Gasteiger partial charge in [-0.1, -0.05) is 11.8 Å². The molecule has 0 saturated carbocycles. The van der Waals surface area contributed by atoms with Crippen molar-refractivity contribution in [1.29, 1.82) is 0 Å². The summed E-state index contributed by atoms with van der Waals surface area (Å²) in [5.74, 6) is -2.06. The Labute approximate surface area is 93.5 Å². The van der Waals surface area contributed by atoms with Gasteiger partial charge in [-0.05, 0) is 12.1 Å². The predicted octanol–water partition coefficient (Wildman–Crippen LogP) is 3.05. The lowest BCUT2D eigenvalue weighted by molar-refractivity contribution is 0.564. The zero-order valence-corrected chi connectivity index (χ0v) is 8.64. The summed E-state index contributed by atoms with van der Waals surface area (Å²) in [4.78, 5) is 7.20. The van der Waals surface area contributed by atoms with Gasteiger partial charge in [0.25, 0.3) is 0 Å². The van der Waals surface area contributed by atoms with Crippen LogP contribution in [0.25, 0.3) is 0 Å². The fourth-order valence-electron chi connectivity index (χ4n) is 1.04. The van der Waals surface area contributed by atoms with Crippen LogP contribution in [-0.4, -0.2) is 9.97 Å². The Morgan fingerprint density at radius 2 is 1.81 bits per heavy atom. The highest BCUT2D eigenvalue weighted by Crippen LogP contribution is 2.28. The van der Waals surface area contributed by atoms with Crippen molar-refractivity contribution in [3.05, 3.63) is 48.2 Å². The first-order chi connectivity index (χ1) is 7.65. The highest BCUT2D eigenvalue weighted by molar-refractivity contribution is 7.99. The van der Waals surface area contributed by atoms with E-state index in [1.165, 1.54) is 6.07 Å². The molecular formula is C10H5F3N2S. The lowest BCUT2D eigenvalue weighted by atomic mass is 10.3. The summed E-state index contributed by atoms with van der Waals surface area (Å²) in [6.07, 6.45) is 1.04. The zero-order chi connectivity index (χ0) is 11.5. The third-order valence-corrected chi connectivity index (χ3v) is 2.70. The van der Waals surface area contributed by atoms with E-state index in [0.717, 1.165) is 36.3 Å². The van der Waals surface area contributed by atoms with Gasteiger partial charge in [0.15, 0.2) is 0 Å². The van der Waals surface area contributed by atoms with E-state index in [4.69, 9.17) is 0 Å². The molecule has 0 atom stereocenters. The first-order valence-electron chi connectivity index (χ1n) is 4.25. The standard InChI is InChI=1S/C10H5F3N2S/c11-6-1-2-8(7(12)3-6)16-10-4-9(13)14-5-15-10/h1-5H. The first-order valence-corrected chi connectivity index (χ1v) is 5.07. The molecule has 0 N–H and O–H groups in total. The summed E-state index contributed by atoms with van der Waals surface area (Å²) in [5.41, 5.74) is 0. The van der Waals surface area contributed by atoms with Crippen molar-refractivity contribution in [3.8, 4) is 0 Å². The van der Waals surface area contributed by atoms with Crippen LogP contribution in [0.15, 0.2) is 40.5 Å². The fourth-order valence-corrected chi connectivity index (χ4v) is 1.82. The largest absolute Gasteiger partial charge is 0.229 e. The molecule has 2 nitrogen and oxygen atoms in total. The molecule has 82 valence electrons. The maximum atomic E-state index is 13.2. The monoisotopic (exact) mass is 242 g/mol. The smallest absolute Gasteiger partial charge is 0.217 e. The SMILES string of the molecule is Fc1ccc(Sc2cc(F)ncn2)c(F)c1. The summed E-state index contributed by atoms with van der Waals surface area (Å²) in [6, 6.07) is 4.24. The molecule has 0 aliphatic rings. The minimum Gasteiger partial charge on any atom is -0.229 e. The van der Waals surface area contributed by atoms with E-state index in [9.17, 15) is 13.2 Å². The van der Waals surface area contributed by atoms with E-state index in [0.29, 0.717) is 0 Å². The van der Waals surface area contributed by atoms with Gasteiger partial charge in [-0.25, -0.2) is 18.7 Å². The molecule has 2 aromatic rings. The summed E-state index contributed by atoms with van der Waals surface area (Å²) in [5, 5.41) is 0.262.